The molecule has 1 aromatic heterocycles. The predicted octanol–water partition coefficient (Wildman–Crippen LogP) is 4.67. The fourth-order valence-electron chi connectivity index (χ4n) is 2.58. The lowest BCUT2D eigenvalue weighted by Gasteiger charge is -2.06. The van der Waals surface area contributed by atoms with E-state index < -0.39 is 5.95 Å². The van der Waals surface area contributed by atoms with Crippen LogP contribution in [0.3, 0.4) is 0 Å². The number of aliphatic imine (C=N–C) groups is 2. The Morgan fingerprint density at radius 3 is 2.72 bits per heavy atom. The summed E-state index contributed by atoms with van der Waals surface area (Å²) in [5.74, 6) is 0.485. The van der Waals surface area contributed by atoms with Gasteiger partial charge in [0.25, 0.3) is 0 Å². The first-order valence-corrected chi connectivity index (χ1v) is 10.2. The lowest BCUT2D eigenvalue weighted by molar-refractivity contribution is 0.583. The smallest absolute Gasteiger partial charge is 0.224 e. The lowest BCUT2D eigenvalue weighted by Crippen LogP contribution is -2.06. The lowest BCUT2D eigenvalue weighted by atomic mass is 10.1. The molecule has 0 aliphatic carbocycles. The van der Waals surface area contributed by atoms with E-state index in [-0.39, 0.29) is 0 Å². The summed E-state index contributed by atoms with van der Waals surface area (Å²) in [5.41, 5.74) is 7.79. The van der Waals surface area contributed by atoms with Gasteiger partial charge in [0.05, 0.1) is 10.5 Å². The first-order valence-electron chi connectivity index (χ1n) is 9.42. The molecule has 0 saturated heterocycles. The Balaban J connectivity index is 2.19. The average molecular weight is 415 g/mol. The normalized spacial score (nSPS) is 17.8. The van der Waals surface area contributed by atoms with Gasteiger partial charge in [-0.25, -0.2) is 9.98 Å². The second kappa shape index (κ2) is 10.7. The molecule has 0 amide bonds. The van der Waals surface area contributed by atoms with Crippen molar-refractivity contribution in [2.75, 3.05) is 18.9 Å². The highest BCUT2D eigenvalue weighted by Crippen LogP contribution is 2.32. The minimum atomic E-state index is -0.562. The van der Waals surface area contributed by atoms with Gasteiger partial charge >= 0.3 is 0 Å². The number of halogens is 1. The van der Waals surface area contributed by atoms with E-state index in [1.54, 1.807) is 45.2 Å². The number of nitrogens with two attached hydrogens (primary N) is 1. The Labute approximate surface area is 175 Å². The Kier molecular flexibility index (Phi) is 8.33. The summed E-state index contributed by atoms with van der Waals surface area (Å²) >= 11 is 1.33. The number of nitrogens with zero attached hydrogens (tertiary/aromatic N) is 3. The molecule has 2 heterocycles. The van der Waals surface area contributed by atoms with Crippen molar-refractivity contribution in [2.24, 2.45) is 15.7 Å². The van der Waals surface area contributed by atoms with E-state index in [1.165, 1.54) is 11.8 Å². The first-order chi connectivity index (χ1) is 13.9. The highest BCUT2D eigenvalue weighted by atomic mass is 32.2. The van der Waals surface area contributed by atoms with Crippen LogP contribution in [-0.2, 0) is 0 Å². The van der Waals surface area contributed by atoms with Crippen LogP contribution in [0.5, 0.6) is 0 Å². The second-order valence-corrected chi connectivity index (χ2v) is 7.52. The third kappa shape index (κ3) is 6.12. The maximum atomic E-state index is 14.5. The van der Waals surface area contributed by atoms with Crippen molar-refractivity contribution in [3.63, 3.8) is 0 Å². The van der Waals surface area contributed by atoms with Crippen LogP contribution in [0.25, 0.3) is 0 Å². The molecule has 0 aromatic carbocycles. The number of nitrogens with one attached hydrogen (secondary N) is 2. The van der Waals surface area contributed by atoms with Crippen LogP contribution in [0.15, 0.2) is 56.5 Å². The zero-order chi connectivity index (χ0) is 21.4. The largest absolute Gasteiger partial charge is 0.402 e. The Hall–Kier alpha value is -2.74. The fourth-order valence-corrected chi connectivity index (χ4v) is 3.55. The van der Waals surface area contributed by atoms with Crippen molar-refractivity contribution in [2.45, 2.75) is 33.6 Å². The van der Waals surface area contributed by atoms with Gasteiger partial charge in [-0.3, -0.25) is 4.99 Å². The first kappa shape index (κ1) is 22.5. The molecule has 1 aromatic rings. The van der Waals surface area contributed by atoms with Gasteiger partial charge in [-0.15, -0.1) is 0 Å². The molecular weight excluding hydrogens is 387 g/mol. The van der Waals surface area contributed by atoms with Gasteiger partial charge in [0.1, 0.15) is 10.9 Å². The van der Waals surface area contributed by atoms with E-state index in [4.69, 9.17) is 11.1 Å². The number of amidine groups is 1. The van der Waals surface area contributed by atoms with Crippen LogP contribution < -0.4 is 11.1 Å². The van der Waals surface area contributed by atoms with Gasteiger partial charge in [-0.2, -0.15) is 4.39 Å². The van der Waals surface area contributed by atoms with Crippen molar-refractivity contribution in [3.05, 3.63) is 58.0 Å². The molecule has 0 radical (unpaired) electrons. The van der Waals surface area contributed by atoms with E-state index in [9.17, 15) is 4.39 Å². The van der Waals surface area contributed by atoms with Crippen molar-refractivity contribution in [1.82, 2.24) is 4.98 Å². The molecular formula is C21H27FN6S. The molecule has 0 fully saturated rings. The Morgan fingerprint density at radius 2 is 2.14 bits per heavy atom. The molecule has 0 spiro atoms. The van der Waals surface area contributed by atoms with Gasteiger partial charge < -0.3 is 16.5 Å². The minimum Gasteiger partial charge on any atom is -0.402 e. The van der Waals surface area contributed by atoms with Crippen molar-refractivity contribution in [3.8, 4) is 0 Å². The van der Waals surface area contributed by atoms with E-state index in [0.29, 0.717) is 39.2 Å². The summed E-state index contributed by atoms with van der Waals surface area (Å²) in [4.78, 5) is 13.4. The quantitative estimate of drug-likeness (QED) is 0.249. The van der Waals surface area contributed by atoms with Crippen molar-refractivity contribution in [1.29, 1.82) is 5.41 Å². The summed E-state index contributed by atoms with van der Waals surface area (Å²) in [7, 11) is 1.65. The number of aromatic nitrogens is 1. The zero-order valence-corrected chi connectivity index (χ0v) is 18.0. The van der Waals surface area contributed by atoms with E-state index in [2.05, 4.69) is 27.2 Å². The zero-order valence-electron chi connectivity index (χ0n) is 17.2. The van der Waals surface area contributed by atoms with Crippen molar-refractivity contribution < 1.29 is 4.39 Å². The van der Waals surface area contributed by atoms with Crippen molar-refractivity contribution >= 4 is 34.2 Å². The van der Waals surface area contributed by atoms with Gasteiger partial charge in [-0.05, 0) is 38.5 Å². The van der Waals surface area contributed by atoms with Gasteiger partial charge in [0.15, 0.2) is 5.84 Å². The van der Waals surface area contributed by atoms with E-state index in [1.807, 2.05) is 6.08 Å². The highest BCUT2D eigenvalue weighted by molar-refractivity contribution is 8.19. The highest BCUT2D eigenvalue weighted by Gasteiger charge is 2.23. The van der Waals surface area contributed by atoms with Gasteiger partial charge in [0, 0.05) is 30.6 Å². The van der Waals surface area contributed by atoms with Crippen LogP contribution in [0.2, 0.25) is 0 Å². The summed E-state index contributed by atoms with van der Waals surface area (Å²) in [6, 6.07) is 3.45. The number of anilines is 1. The molecule has 8 heteroatoms. The number of hydrogen-bond acceptors (Lipinski definition) is 6. The Morgan fingerprint density at radius 1 is 1.38 bits per heavy atom. The van der Waals surface area contributed by atoms with Crippen LogP contribution in [0.4, 0.5) is 10.2 Å². The molecule has 1 aliphatic heterocycles. The average Bonchev–Trinajstić information content (AvgIpc) is 3.07. The van der Waals surface area contributed by atoms with Gasteiger partial charge in [-0.1, -0.05) is 37.3 Å². The number of hydrogen-bond donors (Lipinski definition) is 3. The molecule has 0 saturated carbocycles. The maximum absolute atomic E-state index is 14.5. The number of unbranched alkanes of at least 4 members (excludes halogenated alkanes) is 1. The number of pyridine rings is 1. The predicted molar refractivity (Wildman–Crippen MR) is 123 cm³/mol. The molecule has 2 rings (SSSR count). The van der Waals surface area contributed by atoms with Crippen LogP contribution in [0, 0.1) is 11.4 Å². The summed E-state index contributed by atoms with van der Waals surface area (Å²) in [6.07, 6.45) is 7.47. The third-order valence-corrected chi connectivity index (χ3v) is 5.14. The van der Waals surface area contributed by atoms with Gasteiger partial charge in [0.2, 0.25) is 5.95 Å². The fraction of sp³-hybridized carbons (Fsp3) is 0.333. The SMILES string of the molecule is CCCCNc1ccc(C2=NC(=N/C)/C(=C\C=C\C(C(C)=N)=C(/C)N)S2)c(F)n1. The summed E-state index contributed by atoms with van der Waals surface area (Å²) in [5, 5.41) is 11.4. The maximum Gasteiger partial charge on any atom is 0.224 e. The van der Waals surface area contributed by atoms with E-state index >= 15 is 0 Å². The second-order valence-electron chi connectivity index (χ2n) is 6.49. The number of allylic oxidation sites excluding steroid dienone is 5. The minimum absolute atomic E-state index is 0.346. The summed E-state index contributed by atoms with van der Waals surface area (Å²) < 4.78 is 14.5. The van der Waals surface area contributed by atoms with E-state index in [0.717, 1.165) is 24.3 Å². The molecule has 29 heavy (non-hydrogen) atoms. The monoisotopic (exact) mass is 414 g/mol. The molecule has 0 unspecified atom stereocenters. The Bertz CT molecular complexity index is 923. The number of rotatable bonds is 8. The molecule has 0 atom stereocenters. The van der Waals surface area contributed by atoms with Crippen LogP contribution >= 0.6 is 11.8 Å². The molecule has 0 bridgehead atoms. The topological polar surface area (TPSA) is 99.5 Å². The number of thioether (sulfide) groups is 1. The molecule has 4 N–H and O–H groups in total. The summed E-state index contributed by atoms with van der Waals surface area (Å²) in [6.45, 7) is 6.30. The third-order valence-electron chi connectivity index (χ3n) is 4.10. The van der Waals surface area contributed by atoms with Crippen LogP contribution in [-0.4, -0.2) is 35.2 Å². The molecule has 1 aliphatic rings. The molecule has 6 nitrogen and oxygen atoms in total. The van der Waals surface area contributed by atoms with Crippen LogP contribution in [0.1, 0.15) is 39.2 Å². The standard InChI is InChI=1S/C21H27FN6S/c1-5-6-12-26-18-11-10-16(19(22)27-18)21-28-20(25-4)17(29-21)9-7-8-15(13(2)23)14(3)24/h7-11,23H,5-6,12,24H2,1-4H3,(H,26,27)/b8-7+,15-14-,17-9+,23-13?,25-20+. The molecule has 154 valence electrons.